The van der Waals surface area contributed by atoms with Gasteiger partial charge >= 0.3 is 0 Å². The van der Waals surface area contributed by atoms with Crippen LogP contribution in [0.15, 0.2) is 65.2 Å². The van der Waals surface area contributed by atoms with Crippen LogP contribution in [0.1, 0.15) is 41.2 Å². The van der Waals surface area contributed by atoms with E-state index in [0.29, 0.717) is 47.9 Å². The summed E-state index contributed by atoms with van der Waals surface area (Å²) < 4.78 is 5.68. The lowest BCUT2D eigenvalue weighted by Crippen LogP contribution is -2.35. The van der Waals surface area contributed by atoms with E-state index in [9.17, 15) is 4.79 Å². The number of imidazole rings is 1. The summed E-state index contributed by atoms with van der Waals surface area (Å²) >= 11 is 0. The molecule has 0 unspecified atom stereocenters. The molecule has 1 aliphatic carbocycles. The van der Waals surface area contributed by atoms with Crippen LogP contribution in [0.4, 0.5) is 5.95 Å². The Hall–Kier alpha value is -4.20. The molecular weight excluding hydrogens is 452 g/mol. The molecule has 5 aromatic rings. The van der Waals surface area contributed by atoms with Crippen LogP contribution < -0.4 is 4.90 Å². The highest BCUT2D eigenvalue weighted by molar-refractivity contribution is 6.09. The zero-order valence-electron chi connectivity index (χ0n) is 19.9. The summed E-state index contributed by atoms with van der Waals surface area (Å²) in [6, 6.07) is 19.9. The number of aromatic amines is 1. The number of carbonyl (C=O) groups excluding carboxylic acids is 1. The lowest BCUT2D eigenvalue weighted by atomic mass is 10.0. The summed E-state index contributed by atoms with van der Waals surface area (Å²) in [5, 5.41) is 5.04. The zero-order valence-corrected chi connectivity index (χ0v) is 19.9. The van der Waals surface area contributed by atoms with Crippen LogP contribution in [0.25, 0.3) is 33.4 Å². The molecule has 8 nitrogen and oxygen atoms in total. The Labute approximate surface area is 207 Å². The van der Waals surface area contributed by atoms with Gasteiger partial charge in [-0.05, 0) is 37.5 Å². The lowest BCUT2D eigenvalue weighted by Gasteiger charge is -2.22. The Bertz CT molecular complexity index is 1540. The fourth-order valence-electron chi connectivity index (χ4n) is 5.11. The largest absolute Gasteiger partial charge is 0.341 e. The minimum absolute atomic E-state index is 0.0103. The summed E-state index contributed by atoms with van der Waals surface area (Å²) in [5.74, 6) is 1.27. The average molecular weight is 479 g/mol. The number of H-pyrrole nitrogens is 1. The van der Waals surface area contributed by atoms with Crippen LogP contribution in [-0.4, -0.2) is 57.1 Å². The number of aromatic nitrogens is 4. The summed E-state index contributed by atoms with van der Waals surface area (Å²) in [6.45, 7) is 2.85. The maximum Gasteiger partial charge on any atom is 0.259 e. The number of hydrogen-bond acceptors (Lipinski definition) is 6. The quantitative estimate of drug-likeness (QED) is 0.391. The van der Waals surface area contributed by atoms with Gasteiger partial charge in [-0.3, -0.25) is 4.79 Å². The third-order valence-corrected chi connectivity index (χ3v) is 7.20. The van der Waals surface area contributed by atoms with E-state index in [1.807, 2.05) is 65.6 Å². The molecule has 2 aromatic carbocycles. The summed E-state index contributed by atoms with van der Waals surface area (Å²) in [5.41, 5.74) is 5.58. The first kappa shape index (κ1) is 21.1. The Balaban J connectivity index is 1.22. The number of rotatable bonds is 4. The van der Waals surface area contributed by atoms with Crippen molar-refractivity contribution in [3.8, 4) is 11.3 Å². The summed E-state index contributed by atoms with van der Waals surface area (Å²) in [7, 11) is 0. The number of amides is 1. The van der Waals surface area contributed by atoms with Crippen molar-refractivity contribution in [2.45, 2.75) is 25.2 Å². The van der Waals surface area contributed by atoms with Crippen LogP contribution >= 0.6 is 0 Å². The van der Waals surface area contributed by atoms with Crippen LogP contribution in [0.3, 0.4) is 0 Å². The molecule has 1 amide bonds. The molecular formula is C28H26N6O2. The van der Waals surface area contributed by atoms with Gasteiger partial charge in [-0.2, -0.15) is 0 Å². The number of fused-ring (bicyclic) bond motifs is 2. The molecule has 0 atom stereocenters. The number of hydrogen-bond donors (Lipinski definition) is 1. The second kappa shape index (κ2) is 8.48. The van der Waals surface area contributed by atoms with Crippen molar-refractivity contribution in [3.05, 3.63) is 71.9 Å². The number of carbonyl (C=O) groups is 1. The molecule has 1 saturated heterocycles. The van der Waals surface area contributed by atoms with Crippen LogP contribution in [0.5, 0.6) is 0 Å². The lowest BCUT2D eigenvalue weighted by molar-refractivity contribution is 0.0768. The normalized spacial score (nSPS) is 16.6. The predicted molar refractivity (Wildman–Crippen MR) is 138 cm³/mol. The van der Waals surface area contributed by atoms with Crippen molar-refractivity contribution in [3.63, 3.8) is 0 Å². The van der Waals surface area contributed by atoms with Crippen LogP contribution in [0, 0.1) is 0 Å². The van der Waals surface area contributed by atoms with E-state index in [1.165, 1.54) is 0 Å². The van der Waals surface area contributed by atoms with Gasteiger partial charge in [0.2, 0.25) is 5.95 Å². The number of pyridine rings is 1. The molecule has 0 radical (unpaired) electrons. The highest BCUT2D eigenvalue weighted by Crippen LogP contribution is 2.41. The summed E-state index contributed by atoms with van der Waals surface area (Å²) in [4.78, 5) is 31.1. The third kappa shape index (κ3) is 3.69. The molecule has 3 aromatic heterocycles. The highest BCUT2D eigenvalue weighted by Gasteiger charge is 2.31. The van der Waals surface area contributed by atoms with Gasteiger partial charge in [0, 0.05) is 43.4 Å². The second-order valence-corrected chi connectivity index (χ2v) is 9.66. The molecule has 8 heteroatoms. The molecule has 2 fully saturated rings. The Morgan fingerprint density at radius 3 is 2.61 bits per heavy atom. The first-order valence-corrected chi connectivity index (χ1v) is 12.6. The van der Waals surface area contributed by atoms with Gasteiger partial charge < -0.3 is 19.3 Å². The topological polar surface area (TPSA) is 91.2 Å². The van der Waals surface area contributed by atoms with Gasteiger partial charge in [0.25, 0.3) is 11.6 Å². The molecule has 36 heavy (non-hydrogen) atoms. The summed E-state index contributed by atoms with van der Waals surface area (Å²) in [6.07, 6.45) is 3.06. The molecule has 7 rings (SSSR count). The van der Waals surface area contributed by atoms with E-state index in [1.54, 1.807) is 0 Å². The van der Waals surface area contributed by atoms with Gasteiger partial charge in [-0.25, -0.2) is 9.97 Å². The maximum atomic E-state index is 14.0. The van der Waals surface area contributed by atoms with Gasteiger partial charge in [0.15, 0.2) is 0 Å². The fraction of sp³-hybridized carbons (Fsp3) is 0.286. The second-order valence-electron chi connectivity index (χ2n) is 9.66. The van der Waals surface area contributed by atoms with Crippen molar-refractivity contribution in [1.82, 2.24) is 25.0 Å². The van der Waals surface area contributed by atoms with E-state index in [-0.39, 0.29) is 5.91 Å². The first-order chi connectivity index (χ1) is 17.7. The Kier molecular flexibility index (Phi) is 4.97. The average Bonchev–Trinajstić information content (AvgIpc) is 3.61. The van der Waals surface area contributed by atoms with Crippen LogP contribution in [0.2, 0.25) is 0 Å². The fourth-order valence-corrected chi connectivity index (χ4v) is 5.11. The van der Waals surface area contributed by atoms with Gasteiger partial charge in [-0.1, -0.05) is 47.6 Å². The standard InChI is InChI=1S/C28H26N6O2/c35-27(33-13-6-14-34(16-15-33)28-30-21-9-4-5-10-22(21)31-28)20-17-23(18-11-12-18)29-26-24(20)25(32-36-26)19-7-2-1-3-8-19/h1-5,7-10,17-18H,6,11-16H2,(H,30,31). The van der Waals surface area contributed by atoms with Crippen molar-refractivity contribution in [2.24, 2.45) is 0 Å². The van der Waals surface area contributed by atoms with Crippen LogP contribution in [-0.2, 0) is 0 Å². The molecule has 180 valence electrons. The number of nitrogens with one attached hydrogen (secondary N) is 1. The van der Waals surface area contributed by atoms with Gasteiger partial charge in [0.1, 0.15) is 5.69 Å². The molecule has 1 aliphatic heterocycles. The number of anilines is 1. The number of para-hydroxylation sites is 2. The van der Waals surface area contributed by atoms with Gasteiger partial charge in [-0.15, -0.1) is 0 Å². The van der Waals surface area contributed by atoms with E-state index >= 15 is 0 Å². The van der Waals surface area contributed by atoms with Crippen molar-refractivity contribution >= 4 is 34.0 Å². The Morgan fingerprint density at radius 2 is 1.78 bits per heavy atom. The molecule has 2 aliphatic rings. The molecule has 4 heterocycles. The van der Waals surface area contributed by atoms with E-state index in [2.05, 4.69) is 15.0 Å². The van der Waals surface area contributed by atoms with Crippen molar-refractivity contribution < 1.29 is 9.32 Å². The van der Waals surface area contributed by atoms with E-state index < -0.39 is 0 Å². The minimum atomic E-state index is 0.0103. The van der Waals surface area contributed by atoms with Gasteiger partial charge in [0.05, 0.1) is 22.0 Å². The SMILES string of the molecule is O=C(c1cc(C2CC2)nc2onc(-c3ccccc3)c12)N1CCCN(c2nc3ccccc3[nH]2)CC1. The highest BCUT2D eigenvalue weighted by atomic mass is 16.5. The zero-order chi connectivity index (χ0) is 24.1. The smallest absolute Gasteiger partial charge is 0.259 e. The molecule has 0 bridgehead atoms. The van der Waals surface area contributed by atoms with E-state index in [4.69, 9.17) is 14.5 Å². The maximum absolute atomic E-state index is 14.0. The van der Waals surface area contributed by atoms with Crippen molar-refractivity contribution in [1.29, 1.82) is 0 Å². The molecule has 0 spiro atoms. The first-order valence-electron chi connectivity index (χ1n) is 12.6. The minimum Gasteiger partial charge on any atom is -0.341 e. The monoisotopic (exact) mass is 478 g/mol. The van der Waals surface area contributed by atoms with E-state index in [0.717, 1.165) is 54.0 Å². The number of benzene rings is 2. The molecule has 1 N–H and O–H groups in total. The molecule has 1 saturated carbocycles. The number of nitrogens with zero attached hydrogens (tertiary/aromatic N) is 5. The predicted octanol–water partition coefficient (Wildman–Crippen LogP) is 5.00. The van der Waals surface area contributed by atoms with Crippen molar-refractivity contribution in [2.75, 3.05) is 31.1 Å². The Morgan fingerprint density at radius 1 is 0.944 bits per heavy atom. The third-order valence-electron chi connectivity index (χ3n) is 7.20.